The first kappa shape index (κ1) is 11.8. The molecule has 1 saturated heterocycles. The Morgan fingerprint density at radius 1 is 1.80 bits per heavy atom. The van der Waals surface area contributed by atoms with Crippen LogP contribution in [-0.4, -0.2) is 42.4 Å². The van der Waals surface area contributed by atoms with Gasteiger partial charge < -0.3 is 20.5 Å². The Kier molecular flexibility index (Phi) is 4.36. The molecule has 1 amide bonds. The lowest BCUT2D eigenvalue weighted by Gasteiger charge is -2.15. The maximum Gasteiger partial charge on any atom is 0.407 e. The second-order valence-corrected chi connectivity index (χ2v) is 3.50. The molecule has 1 heterocycles. The second-order valence-electron chi connectivity index (χ2n) is 3.50. The summed E-state index contributed by atoms with van der Waals surface area (Å²) in [6, 6.07) is -0.561. The molecule has 0 aromatic heterocycles. The van der Waals surface area contributed by atoms with Crippen LogP contribution in [0.1, 0.15) is 19.8 Å². The second kappa shape index (κ2) is 5.55. The summed E-state index contributed by atoms with van der Waals surface area (Å²) in [6.07, 6.45) is 0.663. The van der Waals surface area contributed by atoms with Gasteiger partial charge >= 0.3 is 12.1 Å². The van der Waals surface area contributed by atoms with Gasteiger partial charge in [0.15, 0.2) is 0 Å². The number of amides is 1. The van der Waals surface area contributed by atoms with E-state index in [4.69, 9.17) is 9.84 Å². The van der Waals surface area contributed by atoms with Crippen LogP contribution >= 0.6 is 0 Å². The Labute approximate surface area is 88.0 Å². The average Bonchev–Trinajstić information content (AvgIpc) is 2.58. The van der Waals surface area contributed by atoms with Gasteiger partial charge in [0.2, 0.25) is 0 Å². The van der Waals surface area contributed by atoms with Crippen LogP contribution in [0.15, 0.2) is 0 Å². The van der Waals surface area contributed by atoms with E-state index in [1.165, 1.54) is 0 Å². The monoisotopic (exact) mass is 216 g/mol. The van der Waals surface area contributed by atoms with Crippen LogP contribution < -0.4 is 10.6 Å². The quantitative estimate of drug-likeness (QED) is 0.579. The van der Waals surface area contributed by atoms with Crippen LogP contribution in [0.3, 0.4) is 0 Å². The zero-order chi connectivity index (χ0) is 11.3. The molecular weight excluding hydrogens is 200 g/mol. The van der Waals surface area contributed by atoms with Gasteiger partial charge in [-0.25, -0.2) is 4.79 Å². The van der Waals surface area contributed by atoms with Crippen LogP contribution in [0.5, 0.6) is 0 Å². The minimum atomic E-state index is -0.867. The van der Waals surface area contributed by atoms with Crippen molar-refractivity contribution < 1.29 is 19.4 Å². The van der Waals surface area contributed by atoms with E-state index in [-0.39, 0.29) is 6.10 Å². The number of carbonyl (C=O) groups excluding carboxylic acids is 1. The fourth-order valence-corrected chi connectivity index (χ4v) is 1.42. The van der Waals surface area contributed by atoms with Crippen molar-refractivity contribution in [2.24, 2.45) is 0 Å². The molecule has 0 radical (unpaired) electrons. The molecule has 6 heteroatoms. The minimum Gasteiger partial charge on any atom is -0.480 e. The fraction of sp³-hybridized carbons (Fsp3) is 0.778. The molecule has 0 aliphatic carbocycles. The van der Waals surface area contributed by atoms with Gasteiger partial charge in [-0.05, 0) is 6.42 Å². The highest BCUT2D eigenvalue weighted by molar-refractivity contribution is 5.73. The molecule has 0 saturated carbocycles. The average molecular weight is 216 g/mol. The maximum atomic E-state index is 10.8. The van der Waals surface area contributed by atoms with Crippen molar-refractivity contribution in [3.8, 4) is 0 Å². The lowest BCUT2D eigenvalue weighted by Crippen LogP contribution is -2.41. The highest BCUT2D eigenvalue weighted by atomic mass is 16.6. The van der Waals surface area contributed by atoms with Gasteiger partial charge in [-0.15, -0.1) is 0 Å². The molecule has 15 heavy (non-hydrogen) atoms. The Morgan fingerprint density at radius 3 is 3.00 bits per heavy atom. The number of rotatable bonds is 6. The largest absolute Gasteiger partial charge is 0.480 e. The number of carboxylic acids is 1. The van der Waals surface area contributed by atoms with Crippen LogP contribution in [-0.2, 0) is 9.53 Å². The van der Waals surface area contributed by atoms with E-state index in [9.17, 15) is 9.59 Å². The molecule has 2 atom stereocenters. The molecule has 6 nitrogen and oxygen atoms in total. The van der Waals surface area contributed by atoms with Crippen molar-refractivity contribution in [2.45, 2.75) is 31.9 Å². The van der Waals surface area contributed by atoms with Crippen molar-refractivity contribution >= 4 is 12.1 Å². The van der Waals surface area contributed by atoms with Crippen LogP contribution in [0.25, 0.3) is 0 Å². The predicted molar refractivity (Wildman–Crippen MR) is 52.6 cm³/mol. The summed E-state index contributed by atoms with van der Waals surface area (Å²) in [4.78, 5) is 21.5. The summed E-state index contributed by atoms with van der Waals surface area (Å²) >= 11 is 0. The van der Waals surface area contributed by atoms with Gasteiger partial charge in [0.05, 0.1) is 6.54 Å². The van der Waals surface area contributed by atoms with E-state index in [0.29, 0.717) is 19.5 Å². The third kappa shape index (κ3) is 3.75. The Balaban J connectivity index is 2.27. The summed E-state index contributed by atoms with van der Waals surface area (Å²) in [7, 11) is 0. The smallest absolute Gasteiger partial charge is 0.407 e. The molecule has 3 N–H and O–H groups in total. The van der Waals surface area contributed by atoms with E-state index in [0.717, 1.165) is 6.42 Å². The van der Waals surface area contributed by atoms with E-state index in [1.54, 1.807) is 0 Å². The molecule has 1 fully saturated rings. The summed E-state index contributed by atoms with van der Waals surface area (Å²) < 4.78 is 4.86. The predicted octanol–water partition coefficient (Wildman–Crippen LogP) is -0.0623. The van der Waals surface area contributed by atoms with Crippen molar-refractivity contribution in [1.82, 2.24) is 10.6 Å². The number of nitrogens with one attached hydrogen (secondary N) is 2. The Hall–Kier alpha value is -1.30. The summed E-state index contributed by atoms with van der Waals surface area (Å²) in [5.41, 5.74) is 0. The molecular formula is C9H16N2O4. The van der Waals surface area contributed by atoms with E-state index >= 15 is 0 Å². The van der Waals surface area contributed by atoms with Gasteiger partial charge in [-0.3, -0.25) is 4.79 Å². The van der Waals surface area contributed by atoms with Crippen molar-refractivity contribution in [2.75, 3.05) is 13.1 Å². The fourth-order valence-electron chi connectivity index (χ4n) is 1.42. The Bertz CT molecular complexity index is 244. The number of carboxylic acid groups (broad SMARTS) is 1. The number of alkyl carbamates (subject to hydrolysis) is 1. The highest BCUT2D eigenvalue weighted by Crippen LogP contribution is 2.01. The van der Waals surface area contributed by atoms with Crippen molar-refractivity contribution in [3.05, 3.63) is 0 Å². The molecule has 2 unspecified atom stereocenters. The van der Waals surface area contributed by atoms with Gasteiger partial charge in [0.25, 0.3) is 0 Å². The van der Waals surface area contributed by atoms with Gasteiger partial charge in [0, 0.05) is 6.54 Å². The highest BCUT2D eigenvalue weighted by Gasteiger charge is 2.24. The standard InChI is InChI=1S/C9H16N2O4/c1-2-3-7(8(12)13)10-4-6-5-11-9(14)15-6/h6-7,10H,2-5H2,1H3,(H,11,14)(H,12,13). The van der Waals surface area contributed by atoms with Crippen molar-refractivity contribution in [3.63, 3.8) is 0 Å². The summed E-state index contributed by atoms with van der Waals surface area (Å²) in [6.45, 7) is 2.73. The molecule has 0 spiro atoms. The molecule has 0 bridgehead atoms. The molecule has 1 aliphatic heterocycles. The van der Waals surface area contributed by atoms with E-state index < -0.39 is 18.1 Å². The first-order valence-corrected chi connectivity index (χ1v) is 5.04. The van der Waals surface area contributed by atoms with E-state index in [2.05, 4.69) is 10.6 Å². The molecule has 1 aliphatic rings. The van der Waals surface area contributed by atoms with E-state index in [1.807, 2.05) is 6.92 Å². The van der Waals surface area contributed by atoms with Gasteiger partial charge in [0.1, 0.15) is 12.1 Å². The zero-order valence-electron chi connectivity index (χ0n) is 8.66. The number of aliphatic carboxylic acids is 1. The lowest BCUT2D eigenvalue weighted by atomic mass is 10.1. The van der Waals surface area contributed by atoms with Crippen LogP contribution in [0.4, 0.5) is 4.79 Å². The number of cyclic esters (lactones) is 1. The van der Waals surface area contributed by atoms with Crippen LogP contribution in [0.2, 0.25) is 0 Å². The first-order chi connectivity index (χ1) is 7.13. The number of carbonyl (C=O) groups is 2. The lowest BCUT2D eigenvalue weighted by molar-refractivity contribution is -0.139. The molecule has 0 aromatic rings. The molecule has 1 rings (SSSR count). The molecule has 86 valence electrons. The number of hydrogen-bond donors (Lipinski definition) is 3. The number of ether oxygens (including phenoxy) is 1. The van der Waals surface area contributed by atoms with Gasteiger partial charge in [-0.2, -0.15) is 0 Å². The Morgan fingerprint density at radius 2 is 2.53 bits per heavy atom. The SMILES string of the molecule is CCCC(NCC1CNC(=O)O1)C(=O)O. The zero-order valence-corrected chi connectivity index (χ0v) is 8.66. The van der Waals surface area contributed by atoms with Gasteiger partial charge in [-0.1, -0.05) is 13.3 Å². The normalized spacial score (nSPS) is 21.9. The summed E-state index contributed by atoms with van der Waals surface area (Å²) in [5, 5.41) is 14.2. The first-order valence-electron chi connectivity index (χ1n) is 5.04. The molecule has 0 aromatic carbocycles. The minimum absolute atomic E-state index is 0.267. The topological polar surface area (TPSA) is 87.7 Å². The van der Waals surface area contributed by atoms with Crippen LogP contribution in [0, 0.1) is 0 Å². The third-order valence-electron chi connectivity index (χ3n) is 2.22. The summed E-state index contributed by atoms with van der Waals surface area (Å²) in [5.74, 6) is -0.867. The third-order valence-corrected chi connectivity index (χ3v) is 2.22. The maximum absolute atomic E-state index is 10.8. The van der Waals surface area contributed by atoms with Crippen molar-refractivity contribution in [1.29, 1.82) is 0 Å². The number of hydrogen-bond acceptors (Lipinski definition) is 4.